The lowest BCUT2D eigenvalue weighted by Crippen LogP contribution is -2.46. The van der Waals surface area contributed by atoms with E-state index in [0.717, 1.165) is 30.1 Å². The predicted molar refractivity (Wildman–Crippen MR) is 305 cm³/mol. The molecular weight excluding hydrogens is 1100 g/mol. The third-order valence-electron chi connectivity index (χ3n) is 8.93. The maximum atomic E-state index is 11.9. The second-order valence-corrected chi connectivity index (χ2v) is 22.2. The first-order chi connectivity index (χ1) is 36.8. The molecule has 0 bridgehead atoms. The fourth-order valence-electron chi connectivity index (χ4n) is 5.36. The highest BCUT2D eigenvalue weighted by atomic mass is 32.2. The van der Waals surface area contributed by atoms with Crippen molar-refractivity contribution in [3.63, 3.8) is 0 Å². The quantitative estimate of drug-likeness (QED) is 0.0179. The average Bonchev–Trinajstić information content (AvgIpc) is 3.34. The molecule has 3 aromatic carbocycles. The number of rotatable bonds is 22. The van der Waals surface area contributed by atoms with Crippen LogP contribution in [0.4, 0.5) is 41.0 Å². The third-order valence-corrected chi connectivity index (χ3v) is 10.9. The number of nitro benzene ring substituents is 3. The van der Waals surface area contributed by atoms with Crippen molar-refractivity contribution in [2.75, 3.05) is 55.7 Å². The highest BCUT2D eigenvalue weighted by Gasteiger charge is 2.22. The molecule has 0 aliphatic carbocycles. The Morgan fingerprint density at radius 1 is 0.506 bits per heavy atom. The largest absolute Gasteiger partial charge is 0.519 e. The topological polar surface area (TPSA) is 365 Å². The SMILES string of the molecule is CSCC[C@@H](CN)NC(=O)OC(C)(C)C.CSCC[C@@H](CNC(=O)Oc1ccc([N+](=O)[O-])cc1)NC(=O)OC(C)(C)C.CSCC[C@@H](CO)NC(=O)OC(C)(C)C.O=C(Oc1ccc([N+](=O)[O-])cc1)Oc1ccc([N+](=O)[O-])cc1. The summed E-state index contributed by atoms with van der Waals surface area (Å²) in [5.74, 6) is 2.99. The number of aliphatic hydroxyl groups excluding tert-OH is 1. The Kier molecular flexibility index (Phi) is 34.6. The van der Waals surface area contributed by atoms with E-state index in [4.69, 9.17) is 39.3 Å². The fourth-order valence-corrected chi connectivity index (χ4v) is 6.92. The van der Waals surface area contributed by atoms with Crippen molar-refractivity contribution in [2.24, 2.45) is 5.73 Å². The molecule has 79 heavy (non-hydrogen) atoms. The van der Waals surface area contributed by atoms with Gasteiger partial charge in [0.25, 0.3) is 17.1 Å². The van der Waals surface area contributed by atoms with Gasteiger partial charge in [0.1, 0.15) is 34.1 Å². The number of thioether (sulfide) groups is 3. The van der Waals surface area contributed by atoms with Crippen LogP contribution in [0, 0.1) is 30.3 Å². The lowest BCUT2D eigenvalue weighted by Gasteiger charge is -2.23. The van der Waals surface area contributed by atoms with Gasteiger partial charge in [0.15, 0.2) is 0 Å². The van der Waals surface area contributed by atoms with Crippen LogP contribution in [0.15, 0.2) is 72.8 Å². The van der Waals surface area contributed by atoms with Crippen LogP contribution in [0.3, 0.4) is 0 Å². The molecule has 0 spiro atoms. The van der Waals surface area contributed by atoms with E-state index in [2.05, 4.69) is 21.3 Å². The first-order valence-electron chi connectivity index (χ1n) is 24.2. The Hall–Kier alpha value is -6.82. The van der Waals surface area contributed by atoms with Crippen molar-refractivity contribution < 1.29 is 72.3 Å². The highest BCUT2D eigenvalue weighted by molar-refractivity contribution is 7.98. The van der Waals surface area contributed by atoms with Gasteiger partial charge in [-0.2, -0.15) is 35.3 Å². The molecule has 7 N–H and O–H groups in total. The zero-order valence-corrected chi connectivity index (χ0v) is 49.0. The Morgan fingerprint density at radius 2 is 0.797 bits per heavy atom. The summed E-state index contributed by atoms with van der Waals surface area (Å²) in [6.45, 7) is 16.8. The number of nitro groups is 3. The van der Waals surface area contributed by atoms with Gasteiger partial charge in [0.2, 0.25) is 0 Å². The van der Waals surface area contributed by atoms with E-state index in [9.17, 15) is 54.3 Å². The maximum absolute atomic E-state index is 11.9. The summed E-state index contributed by atoms with van der Waals surface area (Å²) >= 11 is 5.04. The van der Waals surface area contributed by atoms with Crippen molar-refractivity contribution in [3.8, 4) is 17.2 Å². The Bertz CT molecular complexity index is 2230. The Labute approximate surface area is 472 Å². The van der Waals surface area contributed by atoms with Crippen LogP contribution in [-0.2, 0) is 14.2 Å². The normalized spacial score (nSPS) is 11.9. The number of aliphatic hydroxyl groups is 1. The van der Waals surface area contributed by atoms with Crippen LogP contribution in [0.5, 0.6) is 17.2 Å². The number of nitrogens with one attached hydrogen (secondary N) is 4. The molecule has 0 aliphatic heterocycles. The van der Waals surface area contributed by atoms with Crippen molar-refractivity contribution >= 4 is 82.9 Å². The third kappa shape index (κ3) is 37.6. The Morgan fingerprint density at radius 3 is 1.09 bits per heavy atom. The number of hydrogen-bond donors (Lipinski definition) is 6. The highest BCUT2D eigenvalue weighted by Crippen LogP contribution is 2.21. The van der Waals surface area contributed by atoms with Gasteiger partial charge < -0.3 is 60.5 Å². The molecule has 0 aromatic heterocycles. The second-order valence-electron chi connectivity index (χ2n) is 19.3. The number of carbonyl (C=O) groups is 5. The number of benzene rings is 3. The molecule has 0 fully saturated rings. The number of nitrogens with zero attached hydrogens (tertiary/aromatic N) is 3. The van der Waals surface area contributed by atoms with E-state index in [1.165, 1.54) is 72.8 Å². The minimum atomic E-state index is -1.07. The first kappa shape index (κ1) is 72.2. The van der Waals surface area contributed by atoms with Gasteiger partial charge >= 0.3 is 30.5 Å². The molecule has 3 aromatic rings. The summed E-state index contributed by atoms with van der Waals surface area (Å²) in [7, 11) is 0. The standard InChI is InChI=1S/C17H25N3O6S.C13H8N2O7.C10H22N2O2S.C10H21NO3S/c1-17(2,3)26-16(22)19-12(9-10-27-4)11-18-15(21)25-14-7-5-13(6-8-14)20(23)24;16-13(21-11-5-1-9(2-6-11)14(17)18)22-12-7-3-10(4-8-12)15(19)20;1-10(2,3)14-9(13)12-8(7-11)5-6-15-4;1-10(2,3)14-9(13)11-8(7-12)5-6-15-4/h5-8,12H,9-11H2,1-4H3,(H,18,21)(H,19,22);1-8H;8H,5-7,11H2,1-4H3,(H,12,13);8,12H,5-7H2,1-4H3,(H,11,13)/t12-;;2*8-/m0.00/s1. The smallest absolute Gasteiger partial charge is 0.444 e. The molecular formula is C50H76N8O18S3. The summed E-state index contributed by atoms with van der Waals surface area (Å²) in [5.41, 5.74) is 3.60. The average molecular weight is 1170 g/mol. The summed E-state index contributed by atoms with van der Waals surface area (Å²) in [6.07, 6.45) is 5.02. The molecule has 0 unspecified atom stereocenters. The van der Waals surface area contributed by atoms with Crippen LogP contribution in [0.25, 0.3) is 0 Å². The number of alkyl carbamates (subject to hydrolysis) is 3. The lowest BCUT2D eigenvalue weighted by molar-refractivity contribution is -0.385. The van der Waals surface area contributed by atoms with Crippen molar-refractivity contribution in [2.45, 2.75) is 117 Å². The molecule has 442 valence electrons. The van der Waals surface area contributed by atoms with Crippen molar-refractivity contribution in [3.05, 3.63) is 103 Å². The van der Waals surface area contributed by atoms with Gasteiger partial charge in [0.05, 0.1) is 33.5 Å². The van der Waals surface area contributed by atoms with Gasteiger partial charge in [-0.15, -0.1) is 0 Å². The van der Waals surface area contributed by atoms with Crippen molar-refractivity contribution in [1.82, 2.24) is 21.3 Å². The zero-order valence-electron chi connectivity index (χ0n) is 46.6. The number of ether oxygens (including phenoxy) is 6. The first-order valence-corrected chi connectivity index (χ1v) is 28.4. The number of hydrogen-bond acceptors (Lipinski definition) is 22. The molecule has 3 rings (SSSR count). The molecule has 0 radical (unpaired) electrons. The van der Waals surface area contributed by atoms with Gasteiger partial charge in [0, 0.05) is 55.5 Å². The van der Waals surface area contributed by atoms with E-state index in [-0.39, 0.29) is 71.7 Å². The van der Waals surface area contributed by atoms with Crippen molar-refractivity contribution in [1.29, 1.82) is 0 Å². The van der Waals surface area contributed by atoms with E-state index >= 15 is 0 Å². The molecule has 4 amide bonds. The van der Waals surface area contributed by atoms with Crippen LogP contribution in [0.2, 0.25) is 0 Å². The molecule has 0 heterocycles. The molecule has 29 heteroatoms. The predicted octanol–water partition coefficient (Wildman–Crippen LogP) is 9.63. The number of amides is 4. The number of nitrogens with two attached hydrogens (primary N) is 1. The van der Waals surface area contributed by atoms with Gasteiger partial charge in [-0.05, 0) is 154 Å². The molecule has 3 atom stereocenters. The van der Waals surface area contributed by atoms with Crippen LogP contribution in [0.1, 0.15) is 81.6 Å². The summed E-state index contributed by atoms with van der Waals surface area (Å²) in [6, 6.07) is 14.3. The molecule has 26 nitrogen and oxygen atoms in total. The van der Waals surface area contributed by atoms with E-state index in [0.29, 0.717) is 13.0 Å². The van der Waals surface area contributed by atoms with Crippen LogP contribution in [-0.4, -0.2) is 141 Å². The minimum absolute atomic E-state index is 0.00676. The Balaban J connectivity index is 0.00000106. The second kappa shape index (κ2) is 37.9. The van der Waals surface area contributed by atoms with E-state index in [1.54, 1.807) is 56.1 Å². The van der Waals surface area contributed by atoms with Crippen LogP contribution >= 0.6 is 35.3 Å². The van der Waals surface area contributed by atoms with E-state index < -0.39 is 56.0 Å². The van der Waals surface area contributed by atoms with Gasteiger partial charge in [-0.3, -0.25) is 30.3 Å². The lowest BCUT2D eigenvalue weighted by atomic mass is 10.2. The van der Waals surface area contributed by atoms with Crippen LogP contribution < -0.4 is 41.2 Å². The number of carbonyl (C=O) groups excluding carboxylic acids is 5. The summed E-state index contributed by atoms with van der Waals surface area (Å²) in [4.78, 5) is 87.9. The molecule has 0 saturated carbocycles. The fraction of sp³-hybridized carbons (Fsp3) is 0.540. The monoisotopic (exact) mass is 1170 g/mol. The summed E-state index contributed by atoms with van der Waals surface area (Å²) in [5, 5.41) is 51.3. The van der Waals surface area contributed by atoms with Gasteiger partial charge in [-0.1, -0.05) is 0 Å². The zero-order chi connectivity index (χ0) is 60.4. The van der Waals surface area contributed by atoms with E-state index in [1.807, 2.05) is 60.3 Å². The van der Waals surface area contributed by atoms with Gasteiger partial charge in [-0.25, -0.2) is 24.0 Å². The molecule has 0 saturated heterocycles. The molecule has 0 aliphatic rings. The maximum Gasteiger partial charge on any atom is 0.519 e. The minimum Gasteiger partial charge on any atom is -0.444 e. The summed E-state index contributed by atoms with van der Waals surface area (Å²) < 4.78 is 30.1. The number of non-ortho nitro benzene ring substituents is 3.